The zero-order chi connectivity index (χ0) is 20.6. The molecule has 1 aromatic heterocycles. The van der Waals surface area contributed by atoms with Crippen LogP contribution in [0.15, 0.2) is 79.5 Å². The zero-order valence-electron chi connectivity index (χ0n) is 16.9. The molecular formula is C24H26N2O3. The molecule has 0 aliphatic rings. The predicted octanol–water partition coefficient (Wildman–Crippen LogP) is 4.38. The molecule has 0 fully saturated rings. The minimum atomic E-state index is -0.102. The van der Waals surface area contributed by atoms with Crippen molar-refractivity contribution in [1.29, 1.82) is 0 Å². The fourth-order valence-corrected chi connectivity index (χ4v) is 3.21. The SMILES string of the molecule is C=CCN(Cc1cccn1Cc1ccccc1)C(=O)c1cc(OC)cc(OC)c1. The van der Waals surface area contributed by atoms with Crippen molar-refractivity contribution in [3.63, 3.8) is 0 Å². The number of aromatic nitrogens is 1. The van der Waals surface area contributed by atoms with E-state index in [0.717, 1.165) is 12.2 Å². The summed E-state index contributed by atoms with van der Waals surface area (Å²) in [6.07, 6.45) is 3.77. The molecule has 0 aliphatic heterocycles. The van der Waals surface area contributed by atoms with Crippen LogP contribution in [0.1, 0.15) is 21.6 Å². The van der Waals surface area contributed by atoms with E-state index in [-0.39, 0.29) is 5.91 Å². The molecule has 2 aromatic carbocycles. The van der Waals surface area contributed by atoms with Gasteiger partial charge in [0.1, 0.15) is 11.5 Å². The van der Waals surface area contributed by atoms with Crippen LogP contribution in [0, 0.1) is 0 Å². The van der Waals surface area contributed by atoms with E-state index in [4.69, 9.17) is 9.47 Å². The van der Waals surface area contributed by atoms with Crippen molar-refractivity contribution in [2.45, 2.75) is 13.1 Å². The van der Waals surface area contributed by atoms with Gasteiger partial charge in [-0.15, -0.1) is 6.58 Å². The number of hydrogen-bond donors (Lipinski definition) is 0. The van der Waals surface area contributed by atoms with E-state index in [1.165, 1.54) is 5.56 Å². The predicted molar refractivity (Wildman–Crippen MR) is 114 cm³/mol. The Morgan fingerprint density at radius 3 is 2.34 bits per heavy atom. The second kappa shape index (κ2) is 9.64. The lowest BCUT2D eigenvalue weighted by molar-refractivity contribution is 0.0758. The third-order valence-corrected chi connectivity index (χ3v) is 4.71. The summed E-state index contributed by atoms with van der Waals surface area (Å²) in [7, 11) is 3.14. The molecule has 0 saturated heterocycles. The molecule has 0 N–H and O–H groups in total. The number of carbonyl (C=O) groups is 1. The van der Waals surface area contributed by atoms with Gasteiger partial charge in [-0.25, -0.2) is 0 Å². The van der Waals surface area contributed by atoms with E-state index in [9.17, 15) is 4.79 Å². The highest BCUT2D eigenvalue weighted by Crippen LogP contribution is 2.24. The molecule has 5 nitrogen and oxygen atoms in total. The first kappa shape index (κ1) is 20.3. The molecule has 3 aromatic rings. The monoisotopic (exact) mass is 390 g/mol. The van der Waals surface area contributed by atoms with Gasteiger partial charge in [-0.3, -0.25) is 4.79 Å². The van der Waals surface area contributed by atoms with E-state index in [1.54, 1.807) is 43.4 Å². The maximum absolute atomic E-state index is 13.2. The molecule has 0 bridgehead atoms. The summed E-state index contributed by atoms with van der Waals surface area (Å²) in [6.45, 7) is 5.49. The Morgan fingerprint density at radius 2 is 1.72 bits per heavy atom. The van der Waals surface area contributed by atoms with Crippen LogP contribution in [0.3, 0.4) is 0 Å². The normalized spacial score (nSPS) is 10.4. The molecule has 1 amide bonds. The fourth-order valence-electron chi connectivity index (χ4n) is 3.21. The lowest BCUT2D eigenvalue weighted by atomic mass is 10.1. The van der Waals surface area contributed by atoms with E-state index in [0.29, 0.717) is 30.2 Å². The minimum Gasteiger partial charge on any atom is -0.497 e. The standard InChI is InChI=1S/C24H26N2O3/c1-4-12-26(24(27)20-14-22(28-2)16-23(15-20)29-3)18-21-11-8-13-25(21)17-19-9-6-5-7-10-19/h4-11,13-16H,1,12,17-18H2,2-3H3. The summed E-state index contributed by atoms with van der Waals surface area (Å²) in [5.41, 5.74) is 2.78. The maximum atomic E-state index is 13.2. The van der Waals surface area contributed by atoms with E-state index in [2.05, 4.69) is 23.3 Å². The van der Waals surface area contributed by atoms with Crippen LogP contribution in [-0.4, -0.2) is 36.1 Å². The second-order valence-electron chi connectivity index (χ2n) is 6.69. The smallest absolute Gasteiger partial charge is 0.254 e. The van der Waals surface area contributed by atoms with E-state index < -0.39 is 0 Å². The number of benzene rings is 2. The minimum absolute atomic E-state index is 0.102. The quantitative estimate of drug-likeness (QED) is 0.509. The molecular weight excluding hydrogens is 364 g/mol. The van der Waals surface area contributed by atoms with Gasteiger partial charge in [0.25, 0.3) is 5.91 Å². The molecule has 0 aliphatic carbocycles. The Labute approximate surface area is 171 Å². The van der Waals surface area contributed by atoms with Crippen LogP contribution in [0.25, 0.3) is 0 Å². The van der Waals surface area contributed by atoms with Gasteiger partial charge < -0.3 is 18.9 Å². The number of nitrogens with zero attached hydrogens (tertiary/aromatic N) is 2. The highest BCUT2D eigenvalue weighted by Gasteiger charge is 2.18. The van der Waals surface area contributed by atoms with Crippen LogP contribution in [0.2, 0.25) is 0 Å². The Morgan fingerprint density at radius 1 is 1.03 bits per heavy atom. The van der Waals surface area contributed by atoms with Gasteiger partial charge in [-0.1, -0.05) is 36.4 Å². The molecule has 3 rings (SSSR count). The van der Waals surface area contributed by atoms with Crippen LogP contribution < -0.4 is 9.47 Å². The summed E-state index contributed by atoms with van der Waals surface area (Å²) in [4.78, 5) is 15.0. The van der Waals surface area contributed by atoms with Crippen molar-refractivity contribution >= 4 is 5.91 Å². The van der Waals surface area contributed by atoms with Crippen molar-refractivity contribution in [2.75, 3.05) is 20.8 Å². The third kappa shape index (κ3) is 5.08. The highest BCUT2D eigenvalue weighted by atomic mass is 16.5. The molecule has 0 radical (unpaired) electrons. The lowest BCUT2D eigenvalue weighted by Gasteiger charge is -2.23. The number of carbonyl (C=O) groups excluding carboxylic acids is 1. The topological polar surface area (TPSA) is 43.7 Å². The number of ether oxygens (including phenoxy) is 2. The zero-order valence-corrected chi connectivity index (χ0v) is 16.9. The fraction of sp³-hybridized carbons (Fsp3) is 0.208. The summed E-state index contributed by atoms with van der Waals surface area (Å²) >= 11 is 0. The third-order valence-electron chi connectivity index (χ3n) is 4.71. The van der Waals surface area contributed by atoms with Gasteiger partial charge in [-0.2, -0.15) is 0 Å². The van der Waals surface area contributed by atoms with Crippen LogP contribution in [-0.2, 0) is 13.1 Å². The molecule has 0 atom stereocenters. The van der Waals surface area contributed by atoms with Crippen LogP contribution in [0.4, 0.5) is 0 Å². The Balaban J connectivity index is 1.83. The first-order valence-corrected chi connectivity index (χ1v) is 9.45. The van der Waals surface area contributed by atoms with Crippen molar-refractivity contribution in [3.05, 3.63) is 96.3 Å². The first-order valence-electron chi connectivity index (χ1n) is 9.45. The van der Waals surface area contributed by atoms with Gasteiger partial charge in [0, 0.05) is 36.6 Å². The lowest BCUT2D eigenvalue weighted by Crippen LogP contribution is -2.31. The molecule has 150 valence electrons. The summed E-state index contributed by atoms with van der Waals surface area (Å²) < 4.78 is 12.8. The molecule has 29 heavy (non-hydrogen) atoms. The summed E-state index contributed by atoms with van der Waals surface area (Å²) in [5, 5.41) is 0. The second-order valence-corrected chi connectivity index (χ2v) is 6.69. The van der Waals surface area contributed by atoms with E-state index in [1.807, 2.05) is 36.5 Å². The number of hydrogen-bond acceptors (Lipinski definition) is 3. The van der Waals surface area contributed by atoms with E-state index >= 15 is 0 Å². The van der Waals surface area contributed by atoms with Crippen molar-refractivity contribution in [1.82, 2.24) is 9.47 Å². The first-order chi connectivity index (χ1) is 14.1. The number of rotatable bonds is 9. The van der Waals surface area contributed by atoms with Gasteiger partial charge >= 0.3 is 0 Å². The van der Waals surface area contributed by atoms with Gasteiger partial charge in [0.2, 0.25) is 0 Å². The van der Waals surface area contributed by atoms with Crippen LogP contribution in [0.5, 0.6) is 11.5 Å². The van der Waals surface area contributed by atoms with Crippen LogP contribution >= 0.6 is 0 Å². The molecule has 0 unspecified atom stereocenters. The maximum Gasteiger partial charge on any atom is 0.254 e. The Hall–Kier alpha value is -3.47. The largest absolute Gasteiger partial charge is 0.497 e. The van der Waals surface area contributed by atoms with Gasteiger partial charge in [-0.05, 0) is 29.8 Å². The number of methoxy groups -OCH3 is 2. The van der Waals surface area contributed by atoms with Crippen molar-refractivity contribution in [3.8, 4) is 11.5 Å². The summed E-state index contributed by atoms with van der Waals surface area (Å²) in [6, 6.07) is 19.5. The summed E-state index contributed by atoms with van der Waals surface area (Å²) in [5.74, 6) is 1.06. The molecule has 0 spiro atoms. The Kier molecular flexibility index (Phi) is 6.74. The average Bonchev–Trinajstić information content (AvgIpc) is 3.19. The number of amides is 1. The van der Waals surface area contributed by atoms with Crippen molar-refractivity contribution in [2.24, 2.45) is 0 Å². The molecule has 1 heterocycles. The van der Waals surface area contributed by atoms with Gasteiger partial charge in [0.05, 0.1) is 20.8 Å². The van der Waals surface area contributed by atoms with Crippen molar-refractivity contribution < 1.29 is 14.3 Å². The highest BCUT2D eigenvalue weighted by molar-refractivity contribution is 5.95. The average molecular weight is 390 g/mol. The van der Waals surface area contributed by atoms with Gasteiger partial charge in [0.15, 0.2) is 0 Å². The molecule has 0 saturated carbocycles. The molecule has 5 heteroatoms. The Bertz CT molecular complexity index is 941.